The van der Waals surface area contributed by atoms with Crippen LogP contribution in [0.3, 0.4) is 0 Å². The number of fused-ring (bicyclic) bond motifs is 1. The van der Waals surface area contributed by atoms with E-state index in [0.29, 0.717) is 12.1 Å². The van der Waals surface area contributed by atoms with Crippen LogP contribution in [0.5, 0.6) is 0 Å². The molecule has 0 aliphatic rings. The fourth-order valence-electron chi connectivity index (χ4n) is 2.95. The summed E-state index contributed by atoms with van der Waals surface area (Å²) in [6.45, 7) is 2.31. The van der Waals surface area contributed by atoms with Gasteiger partial charge in [0.1, 0.15) is 11.6 Å². The molecule has 0 spiro atoms. The first-order valence-electron chi connectivity index (χ1n) is 8.54. The van der Waals surface area contributed by atoms with Gasteiger partial charge in [-0.1, -0.05) is 24.3 Å². The van der Waals surface area contributed by atoms with Gasteiger partial charge < -0.3 is 15.6 Å². The third kappa shape index (κ3) is 4.26. The average Bonchev–Trinajstić information content (AvgIpc) is 3.03. The summed E-state index contributed by atoms with van der Waals surface area (Å²) in [5.74, 6) is -1.41. The van der Waals surface area contributed by atoms with Crippen LogP contribution in [0.15, 0.2) is 48.7 Å². The summed E-state index contributed by atoms with van der Waals surface area (Å²) in [4.78, 5) is 15.2. The van der Waals surface area contributed by atoms with Crippen LogP contribution in [0.1, 0.15) is 24.1 Å². The second kappa shape index (κ2) is 8.10. The second-order valence-electron chi connectivity index (χ2n) is 6.23. The van der Waals surface area contributed by atoms with E-state index in [9.17, 15) is 13.6 Å². The van der Waals surface area contributed by atoms with Crippen LogP contribution in [0.2, 0.25) is 0 Å². The lowest BCUT2D eigenvalue weighted by molar-refractivity contribution is -0.120. The molecule has 0 aliphatic carbocycles. The minimum Gasteiger partial charge on any atom is -0.361 e. The number of carbonyl (C=O) groups is 1. The molecule has 0 saturated heterocycles. The summed E-state index contributed by atoms with van der Waals surface area (Å²) in [7, 11) is 0. The van der Waals surface area contributed by atoms with Gasteiger partial charge in [-0.25, -0.2) is 8.78 Å². The molecule has 136 valence electrons. The highest BCUT2D eigenvalue weighted by Gasteiger charge is 2.12. The quantitative estimate of drug-likeness (QED) is 0.607. The predicted molar refractivity (Wildman–Crippen MR) is 97.8 cm³/mol. The van der Waals surface area contributed by atoms with E-state index in [-0.39, 0.29) is 12.5 Å². The summed E-state index contributed by atoms with van der Waals surface area (Å²) < 4.78 is 26.7. The Kier molecular flexibility index (Phi) is 5.63. The Morgan fingerprint density at radius 3 is 2.81 bits per heavy atom. The first-order chi connectivity index (χ1) is 12.5. The Hall–Kier alpha value is -2.73. The topological polar surface area (TPSA) is 56.9 Å². The van der Waals surface area contributed by atoms with Crippen LogP contribution in [-0.2, 0) is 11.2 Å². The van der Waals surface area contributed by atoms with E-state index in [1.54, 1.807) is 6.92 Å². The number of rotatable bonds is 7. The number of hydrogen-bond acceptors (Lipinski definition) is 2. The average molecular weight is 357 g/mol. The van der Waals surface area contributed by atoms with Gasteiger partial charge in [0, 0.05) is 41.3 Å². The van der Waals surface area contributed by atoms with Gasteiger partial charge in [0.25, 0.3) is 0 Å². The zero-order valence-corrected chi connectivity index (χ0v) is 14.5. The number of benzene rings is 2. The van der Waals surface area contributed by atoms with E-state index in [2.05, 4.69) is 15.6 Å². The third-order valence-corrected chi connectivity index (χ3v) is 4.39. The lowest BCUT2D eigenvalue weighted by Gasteiger charge is -2.15. The maximum absolute atomic E-state index is 13.7. The molecule has 3 aromatic rings. The SMILES string of the molecule is C[C@@H](NCC(=O)NCCc1c[nH]c2ccccc12)c1ccc(F)cc1F. The molecule has 0 saturated carbocycles. The number of hydrogen-bond donors (Lipinski definition) is 3. The van der Waals surface area contributed by atoms with E-state index < -0.39 is 17.7 Å². The number of aromatic amines is 1. The molecule has 0 fully saturated rings. The molecule has 2 aromatic carbocycles. The molecule has 6 heteroatoms. The van der Waals surface area contributed by atoms with Crippen molar-refractivity contribution < 1.29 is 13.6 Å². The molecule has 1 atom stereocenters. The van der Waals surface area contributed by atoms with E-state index >= 15 is 0 Å². The Morgan fingerprint density at radius 2 is 2.00 bits per heavy atom. The molecule has 3 N–H and O–H groups in total. The second-order valence-corrected chi connectivity index (χ2v) is 6.23. The molecule has 0 unspecified atom stereocenters. The maximum atomic E-state index is 13.7. The molecular weight excluding hydrogens is 336 g/mol. The zero-order valence-electron chi connectivity index (χ0n) is 14.5. The van der Waals surface area contributed by atoms with Crippen LogP contribution >= 0.6 is 0 Å². The number of carbonyl (C=O) groups excluding carboxylic acids is 1. The first kappa shape index (κ1) is 18.1. The Labute approximate surface area is 150 Å². The minimum atomic E-state index is -0.621. The molecule has 1 amide bonds. The van der Waals surface area contributed by atoms with E-state index in [0.717, 1.165) is 29.0 Å². The molecule has 0 aliphatic heterocycles. The fraction of sp³-hybridized carbons (Fsp3) is 0.250. The van der Waals surface area contributed by atoms with Gasteiger partial charge in [0.2, 0.25) is 5.91 Å². The minimum absolute atomic E-state index is 0.0614. The monoisotopic (exact) mass is 357 g/mol. The predicted octanol–water partition coefficient (Wildman–Crippen LogP) is 3.46. The van der Waals surface area contributed by atoms with Crippen molar-refractivity contribution in [1.82, 2.24) is 15.6 Å². The van der Waals surface area contributed by atoms with Crippen molar-refractivity contribution in [2.45, 2.75) is 19.4 Å². The van der Waals surface area contributed by atoms with Crippen molar-refractivity contribution in [3.05, 3.63) is 71.4 Å². The van der Waals surface area contributed by atoms with E-state index in [1.807, 2.05) is 30.5 Å². The summed E-state index contributed by atoms with van der Waals surface area (Å²) in [5.41, 5.74) is 2.55. The van der Waals surface area contributed by atoms with Gasteiger partial charge >= 0.3 is 0 Å². The van der Waals surface area contributed by atoms with Gasteiger partial charge in [0.15, 0.2) is 0 Å². The summed E-state index contributed by atoms with van der Waals surface area (Å²) >= 11 is 0. The lowest BCUT2D eigenvalue weighted by atomic mass is 10.1. The molecule has 3 rings (SSSR count). The van der Waals surface area contributed by atoms with Gasteiger partial charge in [0.05, 0.1) is 6.54 Å². The van der Waals surface area contributed by atoms with Crippen molar-refractivity contribution in [2.24, 2.45) is 0 Å². The van der Waals surface area contributed by atoms with Crippen molar-refractivity contribution in [3.63, 3.8) is 0 Å². The molecular formula is C20H21F2N3O. The van der Waals surface area contributed by atoms with Crippen LogP contribution in [-0.4, -0.2) is 24.0 Å². The van der Waals surface area contributed by atoms with Crippen molar-refractivity contribution >= 4 is 16.8 Å². The van der Waals surface area contributed by atoms with Crippen LogP contribution < -0.4 is 10.6 Å². The van der Waals surface area contributed by atoms with Crippen molar-refractivity contribution in [1.29, 1.82) is 0 Å². The summed E-state index contributed by atoms with van der Waals surface area (Å²) in [6.07, 6.45) is 2.67. The van der Waals surface area contributed by atoms with Gasteiger partial charge in [-0.2, -0.15) is 0 Å². The Balaban J connectivity index is 1.45. The van der Waals surface area contributed by atoms with Crippen LogP contribution in [0.25, 0.3) is 10.9 Å². The number of halogens is 2. The summed E-state index contributed by atoms with van der Waals surface area (Å²) in [5, 5.41) is 6.95. The zero-order chi connectivity index (χ0) is 18.5. The largest absolute Gasteiger partial charge is 0.361 e. The lowest BCUT2D eigenvalue weighted by Crippen LogP contribution is -2.36. The van der Waals surface area contributed by atoms with Crippen LogP contribution in [0.4, 0.5) is 8.78 Å². The molecule has 4 nitrogen and oxygen atoms in total. The number of aromatic nitrogens is 1. The standard InChI is InChI=1S/C20H21F2N3O/c1-13(16-7-6-15(21)10-18(16)22)24-12-20(26)23-9-8-14-11-25-19-5-3-2-4-17(14)19/h2-7,10-11,13,24-25H,8-9,12H2,1H3,(H,23,26)/t13-/m1/s1. The molecule has 1 heterocycles. The summed E-state index contributed by atoms with van der Waals surface area (Å²) in [6, 6.07) is 11.1. The molecule has 1 aromatic heterocycles. The number of H-pyrrole nitrogens is 1. The number of para-hydroxylation sites is 1. The molecule has 26 heavy (non-hydrogen) atoms. The third-order valence-electron chi connectivity index (χ3n) is 4.39. The van der Waals surface area contributed by atoms with Crippen molar-refractivity contribution in [2.75, 3.05) is 13.1 Å². The highest BCUT2D eigenvalue weighted by Crippen LogP contribution is 2.18. The van der Waals surface area contributed by atoms with Gasteiger partial charge in [-0.3, -0.25) is 4.79 Å². The van der Waals surface area contributed by atoms with Gasteiger partial charge in [-0.05, 0) is 31.0 Å². The number of nitrogens with one attached hydrogen (secondary N) is 3. The van der Waals surface area contributed by atoms with Gasteiger partial charge in [-0.15, -0.1) is 0 Å². The normalized spacial score (nSPS) is 12.3. The van der Waals surface area contributed by atoms with E-state index in [1.165, 1.54) is 12.1 Å². The first-order valence-corrected chi connectivity index (χ1v) is 8.54. The van der Waals surface area contributed by atoms with Crippen molar-refractivity contribution in [3.8, 4) is 0 Å². The molecule has 0 radical (unpaired) electrons. The Bertz CT molecular complexity index is 907. The Morgan fingerprint density at radius 1 is 1.19 bits per heavy atom. The van der Waals surface area contributed by atoms with E-state index in [4.69, 9.17) is 0 Å². The maximum Gasteiger partial charge on any atom is 0.233 e. The highest BCUT2D eigenvalue weighted by molar-refractivity contribution is 5.83. The molecule has 0 bridgehead atoms. The van der Waals surface area contributed by atoms with Crippen LogP contribution in [0, 0.1) is 11.6 Å². The number of amides is 1. The fourth-order valence-corrected chi connectivity index (χ4v) is 2.95. The highest BCUT2D eigenvalue weighted by atomic mass is 19.1. The smallest absolute Gasteiger partial charge is 0.233 e.